The standard InChI is InChI=1S/C5H12O2.C4H10O2/c1-4-5(6-2)7-3;1-4(5-2)6-3/h5H,4H2,1-3H3;4H,1-3H3. The van der Waals surface area contributed by atoms with Crippen molar-refractivity contribution < 1.29 is 18.9 Å². The second-order valence-corrected chi connectivity index (χ2v) is 2.35. The van der Waals surface area contributed by atoms with Crippen molar-refractivity contribution in [3.05, 3.63) is 0 Å². The van der Waals surface area contributed by atoms with Crippen molar-refractivity contribution in [2.75, 3.05) is 28.4 Å². The molecule has 0 atom stereocenters. The van der Waals surface area contributed by atoms with E-state index in [9.17, 15) is 0 Å². The third kappa shape index (κ3) is 11.8. The van der Waals surface area contributed by atoms with E-state index in [2.05, 4.69) is 9.47 Å². The van der Waals surface area contributed by atoms with Gasteiger partial charge in [-0.1, -0.05) is 6.92 Å². The van der Waals surface area contributed by atoms with Crippen molar-refractivity contribution in [3.8, 4) is 0 Å². The molecule has 0 rings (SSSR count). The third-order valence-corrected chi connectivity index (χ3v) is 1.52. The average molecular weight is 194 g/mol. The number of methoxy groups -OCH3 is 4. The maximum absolute atomic E-state index is 4.83. The van der Waals surface area contributed by atoms with Crippen LogP contribution in [0.15, 0.2) is 0 Å². The van der Waals surface area contributed by atoms with Crippen molar-refractivity contribution >= 4 is 0 Å². The van der Waals surface area contributed by atoms with E-state index in [1.54, 1.807) is 28.4 Å². The van der Waals surface area contributed by atoms with Crippen LogP contribution in [0.25, 0.3) is 0 Å². The lowest BCUT2D eigenvalue weighted by Gasteiger charge is -2.08. The van der Waals surface area contributed by atoms with E-state index in [1.165, 1.54) is 0 Å². The molecule has 0 aromatic carbocycles. The highest BCUT2D eigenvalue weighted by Crippen LogP contribution is 1.93. The molecule has 0 radical (unpaired) electrons. The Hall–Kier alpha value is -0.160. The molecule has 0 heterocycles. The molecule has 0 amide bonds. The highest BCUT2D eigenvalue weighted by Gasteiger charge is 1.96. The lowest BCUT2D eigenvalue weighted by molar-refractivity contribution is -0.103. The summed E-state index contributed by atoms with van der Waals surface area (Å²) in [7, 11) is 6.48. The number of hydrogen-bond donors (Lipinski definition) is 0. The molecule has 0 aromatic heterocycles. The van der Waals surface area contributed by atoms with Crippen molar-refractivity contribution in [1.29, 1.82) is 0 Å². The van der Waals surface area contributed by atoms with Crippen LogP contribution < -0.4 is 0 Å². The minimum atomic E-state index is -0.0648. The van der Waals surface area contributed by atoms with Crippen LogP contribution >= 0.6 is 0 Å². The van der Waals surface area contributed by atoms with Gasteiger partial charge in [0.05, 0.1) is 0 Å². The summed E-state index contributed by atoms with van der Waals surface area (Å²) in [6.45, 7) is 3.84. The number of rotatable bonds is 5. The first-order valence-electron chi connectivity index (χ1n) is 4.27. The van der Waals surface area contributed by atoms with Gasteiger partial charge >= 0.3 is 0 Å². The Labute approximate surface area is 81.1 Å². The highest BCUT2D eigenvalue weighted by molar-refractivity contribution is 4.31. The minimum absolute atomic E-state index is 0.0139. The molecule has 4 heteroatoms. The Bertz CT molecular complexity index is 74.2. The molecule has 0 saturated carbocycles. The largest absolute Gasteiger partial charge is 0.356 e. The van der Waals surface area contributed by atoms with E-state index in [0.717, 1.165) is 6.42 Å². The van der Waals surface area contributed by atoms with Crippen LogP contribution in [-0.2, 0) is 18.9 Å². The van der Waals surface area contributed by atoms with Gasteiger partial charge in [-0.3, -0.25) is 0 Å². The molecule has 0 aliphatic rings. The molecule has 0 N–H and O–H groups in total. The summed E-state index contributed by atoms with van der Waals surface area (Å²) < 4.78 is 19.0. The van der Waals surface area contributed by atoms with Gasteiger partial charge in [0.25, 0.3) is 0 Å². The van der Waals surface area contributed by atoms with Gasteiger partial charge in [-0.25, -0.2) is 0 Å². The summed E-state index contributed by atoms with van der Waals surface area (Å²) in [5.74, 6) is 0. The minimum Gasteiger partial charge on any atom is -0.356 e. The van der Waals surface area contributed by atoms with Crippen molar-refractivity contribution in [1.82, 2.24) is 0 Å². The molecule has 0 fully saturated rings. The van der Waals surface area contributed by atoms with Crippen molar-refractivity contribution in [3.63, 3.8) is 0 Å². The molecule has 0 aliphatic carbocycles. The zero-order valence-corrected chi connectivity index (χ0v) is 9.49. The summed E-state index contributed by atoms with van der Waals surface area (Å²) in [4.78, 5) is 0. The van der Waals surface area contributed by atoms with Gasteiger partial charge in [-0.2, -0.15) is 0 Å². The van der Waals surface area contributed by atoms with Crippen LogP contribution in [0.1, 0.15) is 20.3 Å². The molecule has 4 nitrogen and oxygen atoms in total. The molecule has 82 valence electrons. The quantitative estimate of drug-likeness (QED) is 0.623. The van der Waals surface area contributed by atoms with E-state index in [-0.39, 0.29) is 12.6 Å². The fourth-order valence-corrected chi connectivity index (χ4v) is 0.526. The van der Waals surface area contributed by atoms with Crippen LogP contribution in [0.2, 0.25) is 0 Å². The van der Waals surface area contributed by atoms with E-state index >= 15 is 0 Å². The lowest BCUT2D eigenvalue weighted by Crippen LogP contribution is -2.10. The second kappa shape index (κ2) is 11.8. The summed E-state index contributed by atoms with van der Waals surface area (Å²) >= 11 is 0. The first-order chi connectivity index (χ1) is 6.15. The third-order valence-electron chi connectivity index (χ3n) is 1.52. The zero-order chi connectivity index (χ0) is 10.7. The van der Waals surface area contributed by atoms with Gasteiger partial charge in [0.1, 0.15) is 0 Å². The van der Waals surface area contributed by atoms with Gasteiger partial charge in [-0.05, 0) is 13.3 Å². The normalized spacial score (nSPS) is 10.2. The zero-order valence-electron chi connectivity index (χ0n) is 9.49. The van der Waals surface area contributed by atoms with Crippen LogP contribution in [0, 0.1) is 0 Å². The molecule has 0 unspecified atom stereocenters. The molecule has 0 saturated heterocycles. The fraction of sp³-hybridized carbons (Fsp3) is 1.00. The smallest absolute Gasteiger partial charge is 0.156 e. The summed E-state index contributed by atoms with van der Waals surface area (Å²) in [6.07, 6.45) is 0.831. The Morgan fingerprint density at radius 3 is 1.23 bits per heavy atom. The summed E-state index contributed by atoms with van der Waals surface area (Å²) in [6, 6.07) is 0. The SMILES string of the molecule is CCC(OC)OC.COC(C)OC. The maximum atomic E-state index is 4.83. The molecule has 0 spiro atoms. The average Bonchev–Trinajstić information content (AvgIpc) is 2.20. The Kier molecular flexibility index (Phi) is 14.0. The van der Waals surface area contributed by atoms with Gasteiger partial charge in [-0.15, -0.1) is 0 Å². The van der Waals surface area contributed by atoms with Crippen molar-refractivity contribution in [2.45, 2.75) is 32.8 Å². The Morgan fingerprint density at radius 1 is 0.846 bits per heavy atom. The highest BCUT2D eigenvalue weighted by atomic mass is 16.7. The molecule has 0 aliphatic heterocycles. The van der Waals surface area contributed by atoms with Crippen LogP contribution in [0.3, 0.4) is 0 Å². The van der Waals surface area contributed by atoms with Crippen molar-refractivity contribution in [2.24, 2.45) is 0 Å². The van der Waals surface area contributed by atoms with Crippen LogP contribution in [0.4, 0.5) is 0 Å². The number of hydrogen-bond acceptors (Lipinski definition) is 4. The van der Waals surface area contributed by atoms with E-state index < -0.39 is 0 Å². The van der Waals surface area contributed by atoms with E-state index in [0.29, 0.717) is 0 Å². The topological polar surface area (TPSA) is 36.9 Å². The van der Waals surface area contributed by atoms with Gasteiger partial charge in [0, 0.05) is 28.4 Å². The molecular formula is C9H22O4. The monoisotopic (exact) mass is 194 g/mol. The first-order valence-corrected chi connectivity index (χ1v) is 4.27. The Balaban J connectivity index is 0. The van der Waals surface area contributed by atoms with Crippen LogP contribution in [0.5, 0.6) is 0 Å². The van der Waals surface area contributed by atoms with Crippen LogP contribution in [-0.4, -0.2) is 41.0 Å². The predicted octanol–water partition coefficient (Wildman–Crippen LogP) is 1.64. The summed E-state index contributed by atoms with van der Waals surface area (Å²) in [5.41, 5.74) is 0. The predicted molar refractivity (Wildman–Crippen MR) is 51.6 cm³/mol. The fourth-order valence-electron chi connectivity index (χ4n) is 0.526. The molecule has 0 aromatic rings. The molecule has 0 bridgehead atoms. The maximum Gasteiger partial charge on any atom is 0.156 e. The Morgan fingerprint density at radius 2 is 1.23 bits per heavy atom. The molecular weight excluding hydrogens is 172 g/mol. The first kappa shape index (κ1) is 15.3. The van der Waals surface area contributed by atoms with Gasteiger partial charge < -0.3 is 18.9 Å². The van der Waals surface area contributed by atoms with Gasteiger partial charge in [0.2, 0.25) is 0 Å². The second-order valence-electron chi connectivity index (χ2n) is 2.35. The van der Waals surface area contributed by atoms with Gasteiger partial charge in [0.15, 0.2) is 12.6 Å². The van der Waals surface area contributed by atoms with E-state index in [1.807, 2.05) is 13.8 Å². The lowest BCUT2D eigenvalue weighted by atomic mass is 10.5. The molecule has 13 heavy (non-hydrogen) atoms. The summed E-state index contributed by atoms with van der Waals surface area (Å²) in [5, 5.41) is 0. The number of ether oxygens (including phenoxy) is 4. The van der Waals surface area contributed by atoms with E-state index in [4.69, 9.17) is 9.47 Å².